The summed E-state index contributed by atoms with van der Waals surface area (Å²) in [7, 11) is 1.66. The van der Waals surface area contributed by atoms with Gasteiger partial charge in [-0.1, -0.05) is 0 Å². The minimum absolute atomic E-state index is 0.0187. The monoisotopic (exact) mass is 416 g/mol. The van der Waals surface area contributed by atoms with Crippen LogP contribution in [0.5, 0.6) is 5.75 Å². The van der Waals surface area contributed by atoms with E-state index in [0.717, 1.165) is 34.7 Å². The smallest absolute Gasteiger partial charge is 0.272 e. The summed E-state index contributed by atoms with van der Waals surface area (Å²) in [5.74, 6) is 1.68. The second-order valence-corrected chi connectivity index (χ2v) is 7.61. The zero-order valence-electron chi connectivity index (χ0n) is 17.6. The van der Waals surface area contributed by atoms with Gasteiger partial charge in [-0.05, 0) is 55.8 Å². The topological polar surface area (TPSA) is 78.1 Å². The molecule has 5 rings (SSSR count). The van der Waals surface area contributed by atoms with E-state index in [-0.39, 0.29) is 11.9 Å². The molecule has 3 aromatic heterocycles. The van der Waals surface area contributed by atoms with E-state index in [9.17, 15) is 4.79 Å². The number of rotatable bonds is 5. The van der Waals surface area contributed by atoms with Crippen molar-refractivity contribution >= 4 is 17.1 Å². The van der Waals surface area contributed by atoms with Gasteiger partial charge in [0.25, 0.3) is 5.91 Å². The SMILES string of the molecule is CCn1nccc1C(=O)N1CC[C@@H](n2c(-c3ccc(OC)cc3)nc3cccnc32)C1. The van der Waals surface area contributed by atoms with Crippen LogP contribution in [0, 0.1) is 0 Å². The molecule has 0 unspecified atom stereocenters. The Bertz CT molecular complexity index is 1230. The van der Waals surface area contributed by atoms with Gasteiger partial charge >= 0.3 is 0 Å². The number of likely N-dealkylation sites (tertiary alicyclic amines) is 1. The van der Waals surface area contributed by atoms with Crippen molar-refractivity contribution in [2.24, 2.45) is 0 Å². The number of pyridine rings is 1. The first-order chi connectivity index (χ1) is 15.2. The molecule has 4 heterocycles. The molecular weight excluding hydrogens is 392 g/mol. The number of ether oxygens (including phenoxy) is 1. The Morgan fingerprint density at radius 1 is 1.16 bits per heavy atom. The summed E-state index contributed by atoms with van der Waals surface area (Å²) in [4.78, 5) is 24.5. The molecular formula is C23H24N6O2. The van der Waals surface area contributed by atoms with E-state index in [0.29, 0.717) is 25.3 Å². The fourth-order valence-corrected chi connectivity index (χ4v) is 4.28. The zero-order valence-corrected chi connectivity index (χ0v) is 17.6. The number of imidazole rings is 1. The van der Waals surface area contributed by atoms with Gasteiger partial charge in [0.15, 0.2) is 5.65 Å². The number of fused-ring (bicyclic) bond motifs is 1. The van der Waals surface area contributed by atoms with E-state index < -0.39 is 0 Å². The van der Waals surface area contributed by atoms with E-state index in [1.807, 2.05) is 48.2 Å². The first-order valence-electron chi connectivity index (χ1n) is 10.5. The third kappa shape index (κ3) is 3.34. The average Bonchev–Trinajstić information content (AvgIpc) is 3.56. The molecule has 1 fully saturated rings. The fourth-order valence-electron chi connectivity index (χ4n) is 4.28. The first kappa shape index (κ1) is 19.3. The van der Waals surface area contributed by atoms with Crippen LogP contribution in [-0.4, -0.2) is 55.3 Å². The van der Waals surface area contributed by atoms with Gasteiger partial charge in [-0.25, -0.2) is 9.97 Å². The van der Waals surface area contributed by atoms with Crippen LogP contribution in [-0.2, 0) is 6.54 Å². The van der Waals surface area contributed by atoms with Crippen LogP contribution in [0.25, 0.3) is 22.6 Å². The molecule has 1 aliphatic heterocycles. The number of carbonyl (C=O) groups excluding carboxylic acids is 1. The molecule has 0 radical (unpaired) electrons. The van der Waals surface area contributed by atoms with Crippen molar-refractivity contribution in [1.29, 1.82) is 0 Å². The Hall–Kier alpha value is -3.68. The molecule has 0 saturated carbocycles. The molecule has 0 bridgehead atoms. The van der Waals surface area contributed by atoms with Gasteiger partial charge in [0.1, 0.15) is 22.8 Å². The van der Waals surface area contributed by atoms with Crippen LogP contribution in [0.3, 0.4) is 0 Å². The predicted molar refractivity (Wildman–Crippen MR) is 117 cm³/mol. The van der Waals surface area contributed by atoms with Crippen molar-refractivity contribution < 1.29 is 9.53 Å². The van der Waals surface area contributed by atoms with Gasteiger partial charge in [0.2, 0.25) is 0 Å². The molecule has 8 nitrogen and oxygen atoms in total. The maximum Gasteiger partial charge on any atom is 0.272 e. The van der Waals surface area contributed by atoms with E-state index in [4.69, 9.17) is 9.72 Å². The number of benzene rings is 1. The largest absolute Gasteiger partial charge is 0.497 e. The Kier molecular flexibility index (Phi) is 4.89. The lowest BCUT2D eigenvalue weighted by atomic mass is 10.2. The van der Waals surface area contributed by atoms with Gasteiger partial charge in [-0.15, -0.1) is 0 Å². The van der Waals surface area contributed by atoms with Crippen LogP contribution < -0.4 is 4.74 Å². The Labute approximate surface area is 180 Å². The summed E-state index contributed by atoms with van der Waals surface area (Å²) in [5, 5.41) is 4.24. The third-order valence-electron chi connectivity index (χ3n) is 5.85. The zero-order chi connectivity index (χ0) is 21.4. The van der Waals surface area contributed by atoms with Crippen molar-refractivity contribution in [1.82, 2.24) is 29.2 Å². The number of hydrogen-bond acceptors (Lipinski definition) is 5. The van der Waals surface area contributed by atoms with Gasteiger partial charge in [0.05, 0.1) is 13.2 Å². The van der Waals surface area contributed by atoms with Crippen molar-refractivity contribution in [3.63, 3.8) is 0 Å². The molecule has 0 N–H and O–H groups in total. The highest BCUT2D eigenvalue weighted by atomic mass is 16.5. The van der Waals surface area contributed by atoms with Crippen LogP contribution in [0.4, 0.5) is 0 Å². The first-order valence-corrected chi connectivity index (χ1v) is 10.5. The number of hydrogen-bond donors (Lipinski definition) is 0. The summed E-state index contributed by atoms with van der Waals surface area (Å²) in [6, 6.07) is 13.6. The van der Waals surface area contributed by atoms with E-state index in [1.54, 1.807) is 30.3 Å². The molecule has 0 aliphatic carbocycles. The Morgan fingerprint density at radius 3 is 2.77 bits per heavy atom. The number of carbonyl (C=O) groups is 1. The normalized spacial score (nSPS) is 16.2. The fraction of sp³-hybridized carbons (Fsp3) is 0.304. The maximum absolute atomic E-state index is 13.1. The molecule has 31 heavy (non-hydrogen) atoms. The van der Waals surface area contributed by atoms with Crippen LogP contribution >= 0.6 is 0 Å². The number of aryl methyl sites for hydroxylation is 1. The van der Waals surface area contributed by atoms with Crippen LogP contribution in [0.2, 0.25) is 0 Å². The minimum atomic E-state index is 0.0187. The quantitative estimate of drug-likeness (QED) is 0.498. The lowest BCUT2D eigenvalue weighted by Crippen LogP contribution is -2.31. The summed E-state index contributed by atoms with van der Waals surface area (Å²) in [5.41, 5.74) is 3.31. The molecule has 8 heteroatoms. The van der Waals surface area contributed by atoms with E-state index >= 15 is 0 Å². The van der Waals surface area contributed by atoms with E-state index in [2.05, 4.69) is 14.6 Å². The highest BCUT2D eigenvalue weighted by Gasteiger charge is 2.32. The minimum Gasteiger partial charge on any atom is -0.497 e. The average molecular weight is 416 g/mol. The summed E-state index contributed by atoms with van der Waals surface area (Å²) in [6.45, 7) is 3.95. The van der Waals surface area contributed by atoms with Crippen LogP contribution in [0.1, 0.15) is 29.9 Å². The van der Waals surface area contributed by atoms with Crippen molar-refractivity contribution in [3.8, 4) is 17.1 Å². The van der Waals surface area contributed by atoms with Gasteiger partial charge in [-0.2, -0.15) is 5.10 Å². The van der Waals surface area contributed by atoms with Gasteiger partial charge in [0, 0.05) is 37.6 Å². The van der Waals surface area contributed by atoms with Gasteiger partial charge in [-0.3, -0.25) is 9.48 Å². The molecule has 1 atom stereocenters. The summed E-state index contributed by atoms with van der Waals surface area (Å²) in [6.07, 6.45) is 4.31. The molecule has 0 spiro atoms. The summed E-state index contributed by atoms with van der Waals surface area (Å²) < 4.78 is 9.22. The van der Waals surface area contributed by atoms with Crippen molar-refractivity contribution in [2.75, 3.05) is 20.2 Å². The third-order valence-corrected chi connectivity index (χ3v) is 5.85. The molecule has 158 valence electrons. The van der Waals surface area contributed by atoms with Crippen LogP contribution in [0.15, 0.2) is 54.9 Å². The number of methoxy groups -OCH3 is 1. The van der Waals surface area contributed by atoms with Gasteiger partial charge < -0.3 is 14.2 Å². The molecule has 1 saturated heterocycles. The lowest BCUT2D eigenvalue weighted by Gasteiger charge is -2.19. The number of amides is 1. The second kappa shape index (κ2) is 7.86. The van der Waals surface area contributed by atoms with Crippen molar-refractivity contribution in [2.45, 2.75) is 25.9 Å². The molecule has 4 aromatic rings. The maximum atomic E-state index is 13.1. The summed E-state index contributed by atoms with van der Waals surface area (Å²) >= 11 is 0. The number of nitrogens with zero attached hydrogens (tertiary/aromatic N) is 6. The van der Waals surface area contributed by atoms with E-state index in [1.165, 1.54) is 0 Å². The second-order valence-electron chi connectivity index (χ2n) is 7.61. The molecule has 1 aromatic carbocycles. The standard InChI is InChI=1S/C23H24N6O2/c1-3-28-20(10-13-25-28)23(30)27-14-11-17(15-27)29-21(16-6-8-18(31-2)9-7-16)26-19-5-4-12-24-22(19)29/h4-10,12-13,17H,3,11,14-15H2,1-2H3/t17-/m1/s1. The molecule has 1 aliphatic rings. The highest BCUT2D eigenvalue weighted by Crippen LogP contribution is 2.33. The lowest BCUT2D eigenvalue weighted by molar-refractivity contribution is 0.0775. The Morgan fingerprint density at radius 2 is 2.00 bits per heavy atom. The Balaban J connectivity index is 1.50. The van der Waals surface area contributed by atoms with Crippen molar-refractivity contribution in [3.05, 3.63) is 60.6 Å². The molecule has 1 amide bonds. The number of aromatic nitrogens is 5. The highest BCUT2D eigenvalue weighted by molar-refractivity contribution is 5.92. The predicted octanol–water partition coefficient (Wildman–Crippen LogP) is 3.41.